The van der Waals surface area contributed by atoms with Crippen molar-refractivity contribution in [3.63, 3.8) is 0 Å². The minimum Gasteiger partial charge on any atom is -0.324 e. The summed E-state index contributed by atoms with van der Waals surface area (Å²) in [5.41, 5.74) is 1.80. The van der Waals surface area contributed by atoms with Crippen molar-refractivity contribution in [2.24, 2.45) is 0 Å². The highest BCUT2D eigenvalue weighted by Crippen LogP contribution is 2.30. The smallest absolute Gasteiger partial charge is 0.272 e. The van der Waals surface area contributed by atoms with Crippen molar-refractivity contribution >= 4 is 70.1 Å². The summed E-state index contributed by atoms with van der Waals surface area (Å²) >= 11 is 13.4. The van der Waals surface area contributed by atoms with Crippen molar-refractivity contribution in [1.82, 2.24) is 5.32 Å². The van der Waals surface area contributed by atoms with Crippen molar-refractivity contribution in [2.75, 3.05) is 16.4 Å². The molecule has 0 aromatic heterocycles. The summed E-state index contributed by atoms with van der Waals surface area (Å²) in [6.45, 7) is 0. The number of benzene rings is 4. The topological polar surface area (TPSA) is 87.3 Å². The van der Waals surface area contributed by atoms with Gasteiger partial charge in [0.15, 0.2) is 0 Å². The molecule has 40 heavy (non-hydrogen) atoms. The Morgan fingerprint density at radius 1 is 0.800 bits per heavy atom. The van der Waals surface area contributed by atoms with Gasteiger partial charge < -0.3 is 16.0 Å². The summed E-state index contributed by atoms with van der Waals surface area (Å²) in [4.78, 5) is 39.0. The van der Waals surface area contributed by atoms with Gasteiger partial charge in [0.2, 0.25) is 5.91 Å². The first-order valence-corrected chi connectivity index (χ1v) is 13.6. The van der Waals surface area contributed by atoms with Crippen LogP contribution in [0.4, 0.5) is 15.8 Å². The molecule has 6 nitrogen and oxygen atoms in total. The number of hydrogen-bond donors (Lipinski definition) is 3. The quantitative estimate of drug-likeness (QED) is 0.141. The zero-order valence-electron chi connectivity index (χ0n) is 20.8. The second kappa shape index (κ2) is 13.8. The molecule has 202 valence electrons. The molecule has 0 atom stereocenters. The summed E-state index contributed by atoms with van der Waals surface area (Å²) in [5.74, 6) is -1.57. The van der Waals surface area contributed by atoms with E-state index in [4.69, 9.17) is 23.2 Å². The molecule has 4 rings (SSSR count). The molecule has 0 spiro atoms. The molecule has 3 amide bonds. The van der Waals surface area contributed by atoms with E-state index in [1.54, 1.807) is 72.8 Å². The molecule has 0 unspecified atom stereocenters. The largest absolute Gasteiger partial charge is 0.324 e. The van der Waals surface area contributed by atoms with Crippen molar-refractivity contribution in [3.8, 4) is 0 Å². The van der Waals surface area contributed by atoms with Gasteiger partial charge in [-0.3, -0.25) is 14.4 Å². The Morgan fingerprint density at radius 3 is 2.20 bits per heavy atom. The van der Waals surface area contributed by atoms with Crippen LogP contribution >= 0.6 is 35.0 Å². The number of halogens is 3. The number of carbonyl (C=O) groups is 3. The highest BCUT2D eigenvalue weighted by atomic mass is 35.5. The van der Waals surface area contributed by atoms with Crippen molar-refractivity contribution in [3.05, 3.63) is 130 Å². The third-order valence-corrected chi connectivity index (χ3v) is 7.25. The average Bonchev–Trinajstić information content (AvgIpc) is 2.96. The van der Waals surface area contributed by atoms with Gasteiger partial charge in [-0.05, 0) is 72.3 Å². The highest BCUT2D eigenvalue weighted by molar-refractivity contribution is 8.00. The van der Waals surface area contributed by atoms with E-state index >= 15 is 0 Å². The number of thioether (sulfide) groups is 1. The van der Waals surface area contributed by atoms with Crippen LogP contribution in [0.5, 0.6) is 0 Å². The van der Waals surface area contributed by atoms with Gasteiger partial charge in [0.05, 0.1) is 21.5 Å². The van der Waals surface area contributed by atoms with Crippen LogP contribution in [-0.2, 0) is 9.59 Å². The molecule has 0 aliphatic carbocycles. The van der Waals surface area contributed by atoms with Gasteiger partial charge in [-0.15, -0.1) is 11.8 Å². The summed E-state index contributed by atoms with van der Waals surface area (Å²) in [5, 5.41) is 8.74. The molecule has 3 N–H and O–H groups in total. The van der Waals surface area contributed by atoms with E-state index in [9.17, 15) is 18.8 Å². The SMILES string of the molecule is O=C(CSc1ccc(NC(=O)/C(=C/c2ccc(F)cc2)NC(=O)c2ccccc2)cc1)Nc1cccc(Cl)c1Cl. The number of carbonyl (C=O) groups excluding carboxylic acids is 3. The zero-order chi connectivity index (χ0) is 28.5. The molecule has 4 aromatic carbocycles. The van der Waals surface area contributed by atoms with Crippen molar-refractivity contribution in [1.29, 1.82) is 0 Å². The van der Waals surface area contributed by atoms with Crippen LogP contribution in [0.15, 0.2) is 108 Å². The molecule has 0 saturated heterocycles. The van der Waals surface area contributed by atoms with Crippen LogP contribution in [0.1, 0.15) is 15.9 Å². The van der Waals surface area contributed by atoms with Gasteiger partial charge in [-0.1, -0.05) is 59.6 Å². The van der Waals surface area contributed by atoms with E-state index in [1.807, 2.05) is 0 Å². The third kappa shape index (κ3) is 8.19. The lowest BCUT2D eigenvalue weighted by molar-refractivity contribution is -0.114. The van der Waals surface area contributed by atoms with Crippen LogP contribution in [0, 0.1) is 5.82 Å². The lowest BCUT2D eigenvalue weighted by atomic mass is 10.1. The fourth-order valence-corrected chi connectivity index (χ4v) is 4.48. The summed E-state index contributed by atoms with van der Waals surface area (Å²) in [6.07, 6.45) is 1.46. The predicted molar refractivity (Wildman–Crippen MR) is 159 cm³/mol. The van der Waals surface area contributed by atoms with Gasteiger partial charge in [0.25, 0.3) is 11.8 Å². The zero-order valence-corrected chi connectivity index (χ0v) is 23.1. The van der Waals surface area contributed by atoms with Crippen LogP contribution < -0.4 is 16.0 Å². The lowest BCUT2D eigenvalue weighted by Gasteiger charge is -2.12. The van der Waals surface area contributed by atoms with E-state index in [-0.39, 0.29) is 22.4 Å². The Balaban J connectivity index is 1.40. The average molecular weight is 594 g/mol. The molecule has 0 bridgehead atoms. The van der Waals surface area contributed by atoms with Gasteiger partial charge in [-0.2, -0.15) is 0 Å². The number of nitrogens with one attached hydrogen (secondary N) is 3. The van der Waals surface area contributed by atoms with Gasteiger partial charge in [0, 0.05) is 16.1 Å². The maximum Gasteiger partial charge on any atom is 0.272 e. The molecular formula is C30H22Cl2FN3O3S. The van der Waals surface area contributed by atoms with Crippen LogP contribution in [0.2, 0.25) is 10.0 Å². The highest BCUT2D eigenvalue weighted by Gasteiger charge is 2.15. The molecule has 10 heteroatoms. The summed E-state index contributed by atoms with van der Waals surface area (Å²) in [6, 6.07) is 25.9. The first kappa shape index (κ1) is 28.9. The number of rotatable bonds is 9. The monoisotopic (exact) mass is 593 g/mol. The first-order valence-electron chi connectivity index (χ1n) is 11.9. The van der Waals surface area contributed by atoms with E-state index in [0.717, 1.165) is 4.90 Å². The van der Waals surface area contributed by atoms with E-state index in [1.165, 1.54) is 42.1 Å². The number of anilines is 2. The normalized spacial score (nSPS) is 11.0. The molecule has 0 radical (unpaired) electrons. The fraction of sp³-hybridized carbons (Fsp3) is 0.0333. The van der Waals surface area contributed by atoms with Crippen molar-refractivity contribution < 1.29 is 18.8 Å². The minimum absolute atomic E-state index is 0.0183. The first-order chi connectivity index (χ1) is 19.3. The Bertz CT molecular complexity index is 1550. The third-order valence-electron chi connectivity index (χ3n) is 5.42. The van der Waals surface area contributed by atoms with Crippen LogP contribution in [-0.4, -0.2) is 23.5 Å². The molecule has 0 fully saturated rings. The summed E-state index contributed by atoms with van der Waals surface area (Å²) < 4.78 is 13.4. The maximum absolute atomic E-state index is 13.4. The van der Waals surface area contributed by atoms with E-state index in [2.05, 4.69) is 16.0 Å². The second-order valence-corrected chi connectivity index (χ2v) is 10.2. The van der Waals surface area contributed by atoms with Crippen LogP contribution in [0.25, 0.3) is 6.08 Å². The van der Waals surface area contributed by atoms with Gasteiger partial charge >= 0.3 is 0 Å². The maximum atomic E-state index is 13.4. The van der Waals surface area contributed by atoms with Gasteiger partial charge in [0.1, 0.15) is 11.5 Å². The van der Waals surface area contributed by atoms with Gasteiger partial charge in [-0.25, -0.2) is 4.39 Å². The Labute approximate surface area is 244 Å². The summed E-state index contributed by atoms with van der Waals surface area (Å²) in [7, 11) is 0. The minimum atomic E-state index is -0.563. The van der Waals surface area contributed by atoms with E-state index < -0.39 is 17.6 Å². The molecular weight excluding hydrogens is 572 g/mol. The standard InChI is InChI=1S/C30H22Cl2FN3O3S/c31-24-7-4-8-25(28(24)32)35-27(37)18-40-23-15-13-22(14-16-23)34-30(39)26(17-19-9-11-21(33)12-10-19)36-29(38)20-5-2-1-3-6-20/h1-17H,18H2,(H,34,39)(H,35,37)(H,36,38)/b26-17-. The lowest BCUT2D eigenvalue weighted by Crippen LogP contribution is -2.30. The molecule has 0 heterocycles. The molecule has 0 saturated carbocycles. The van der Waals surface area contributed by atoms with Crippen LogP contribution in [0.3, 0.4) is 0 Å². The van der Waals surface area contributed by atoms with Crippen molar-refractivity contribution in [2.45, 2.75) is 4.90 Å². The molecule has 4 aromatic rings. The molecule has 0 aliphatic rings. The molecule has 0 aliphatic heterocycles. The fourth-order valence-electron chi connectivity index (χ4n) is 3.44. The Kier molecular flexibility index (Phi) is 9.96. The second-order valence-electron chi connectivity index (χ2n) is 8.35. The Morgan fingerprint density at radius 2 is 1.50 bits per heavy atom. The predicted octanol–water partition coefficient (Wildman–Crippen LogP) is 7.27. The number of hydrogen-bond acceptors (Lipinski definition) is 4. The Hall–Kier alpha value is -4.11. The number of amides is 3. The van der Waals surface area contributed by atoms with E-state index in [0.29, 0.717) is 27.5 Å².